The minimum absolute atomic E-state index is 0.0148. The van der Waals surface area contributed by atoms with Crippen molar-refractivity contribution in [2.45, 2.75) is 25.6 Å². The zero-order valence-electron chi connectivity index (χ0n) is 8.21. The van der Waals surface area contributed by atoms with Gasteiger partial charge < -0.3 is 11.1 Å². The molecule has 1 aromatic heterocycles. The predicted octanol–water partition coefficient (Wildman–Crippen LogP) is 1.23. The molecule has 0 aliphatic rings. The Hall–Kier alpha value is -1.38. The smallest absolute Gasteiger partial charge is 0.370 e. The van der Waals surface area contributed by atoms with E-state index in [0.29, 0.717) is 11.5 Å². The first-order valence-electron chi connectivity index (χ1n) is 4.25. The van der Waals surface area contributed by atoms with Crippen molar-refractivity contribution in [3.63, 3.8) is 0 Å². The minimum Gasteiger partial charge on any atom is -0.370 e. The van der Waals surface area contributed by atoms with Crippen LogP contribution in [0.25, 0.3) is 0 Å². The monoisotopic (exact) mass is 254 g/mol. The van der Waals surface area contributed by atoms with Crippen LogP contribution >= 0.6 is 11.5 Å². The number of carbonyl (C=O) groups excluding carboxylic acids is 1. The molecule has 1 atom stereocenters. The van der Waals surface area contributed by atoms with Gasteiger partial charge in [0, 0.05) is 24.0 Å². The number of nitrogens with two attached hydrogens (primary N) is 1. The lowest BCUT2D eigenvalue weighted by atomic mass is 10.2. The summed E-state index contributed by atoms with van der Waals surface area (Å²) in [5.41, 5.74) is 4.93. The number of nitrogens with one attached hydrogen (secondary N) is 1. The Labute approximate surface area is 93.0 Å². The first-order chi connectivity index (χ1) is 7.29. The second-order valence-corrected chi connectivity index (χ2v) is 3.89. The molecule has 1 heterocycles. The van der Waals surface area contributed by atoms with E-state index >= 15 is 0 Å². The van der Waals surface area contributed by atoms with E-state index in [1.165, 1.54) is 0 Å². The molecule has 1 amide bonds. The zero-order chi connectivity index (χ0) is 12.3. The molecule has 1 rings (SSSR count). The van der Waals surface area contributed by atoms with Gasteiger partial charge >= 0.3 is 6.18 Å². The molecule has 0 aliphatic carbocycles. The minimum atomic E-state index is -4.55. The molecule has 3 N–H and O–H groups in total. The topological polar surface area (TPSA) is 80.9 Å². The fourth-order valence-electron chi connectivity index (χ4n) is 0.961. The van der Waals surface area contributed by atoms with Gasteiger partial charge in [0.2, 0.25) is 16.9 Å². The molecule has 1 aromatic rings. The van der Waals surface area contributed by atoms with Gasteiger partial charge in [-0.15, -0.1) is 0 Å². The van der Waals surface area contributed by atoms with E-state index in [2.05, 4.69) is 14.7 Å². The van der Waals surface area contributed by atoms with Gasteiger partial charge in [-0.05, 0) is 6.92 Å². The SMILES string of the molecule is CC(CC(N)=O)Nc1nc(C(F)(F)F)ns1. The Morgan fingerprint density at radius 3 is 2.69 bits per heavy atom. The van der Waals surface area contributed by atoms with Crippen molar-refractivity contribution >= 4 is 22.6 Å². The van der Waals surface area contributed by atoms with Crippen LogP contribution in [0.5, 0.6) is 0 Å². The molecule has 0 fully saturated rings. The molecule has 16 heavy (non-hydrogen) atoms. The van der Waals surface area contributed by atoms with Crippen molar-refractivity contribution in [3.05, 3.63) is 5.82 Å². The third-order valence-corrected chi connectivity index (χ3v) is 2.20. The van der Waals surface area contributed by atoms with E-state index < -0.39 is 17.9 Å². The van der Waals surface area contributed by atoms with Crippen LogP contribution < -0.4 is 11.1 Å². The summed E-state index contributed by atoms with van der Waals surface area (Å²) in [6, 6.07) is -0.383. The average Bonchev–Trinajstić information content (AvgIpc) is 2.49. The van der Waals surface area contributed by atoms with Gasteiger partial charge in [0.25, 0.3) is 0 Å². The van der Waals surface area contributed by atoms with Crippen LogP contribution in [0.1, 0.15) is 19.2 Å². The number of amides is 1. The summed E-state index contributed by atoms with van der Waals surface area (Å²) in [5, 5.41) is 2.62. The number of halogens is 3. The molecular weight excluding hydrogens is 245 g/mol. The number of primary amides is 1. The first-order valence-corrected chi connectivity index (χ1v) is 5.02. The van der Waals surface area contributed by atoms with Crippen LogP contribution in [-0.2, 0) is 11.0 Å². The quantitative estimate of drug-likeness (QED) is 0.846. The van der Waals surface area contributed by atoms with Gasteiger partial charge in [0.1, 0.15) is 0 Å². The van der Waals surface area contributed by atoms with E-state index in [4.69, 9.17) is 5.73 Å². The number of nitrogens with zero attached hydrogens (tertiary/aromatic N) is 2. The Bertz CT molecular complexity index is 378. The van der Waals surface area contributed by atoms with Crippen LogP contribution in [0.2, 0.25) is 0 Å². The van der Waals surface area contributed by atoms with Crippen molar-refractivity contribution in [1.82, 2.24) is 9.36 Å². The third kappa shape index (κ3) is 3.65. The maximum atomic E-state index is 12.1. The fourth-order valence-corrected chi connectivity index (χ4v) is 1.66. The lowest BCUT2D eigenvalue weighted by Gasteiger charge is -2.09. The van der Waals surface area contributed by atoms with Crippen molar-refractivity contribution < 1.29 is 18.0 Å². The van der Waals surface area contributed by atoms with Crippen LogP contribution in [0.4, 0.5) is 18.3 Å². The van der Waals surface area contributed by atoms with Gasteiger partial charge in [-0.2, -0.15) is 22.5 Å². The summed E-state index contributed by atoms with van der Waals surface area (Å²) >= 11 is 0.587. The standard InChI is InChI=1S/C7H9F3N4OS/c1-3(2-4(11)15)12-6-13-5(14-16-6)7(8,9)10/h3H,2H2,1H3,(H2,11,15)(H,12,13,14). The summed E-state index contributed by atoms with van der Waals surface area (Å²) in [4.78, 5) is 13.8. The molecule has 0 spiro atoms. The van der Waals surface area contributed by atoms with Crippen molar-refractivity contribution in [3.8, 4) is 0 Å². The van der Waals surface area contributed by atoms with E-state index in [-0.39, 0.29) is 17.6 Å². The number of hydrogen-bond donors (Lipinski definition) is 2. The van der Waals surface area contributed by atoms with Gasteiger partial charge in [-0.25, -0.2) is 0 Å². The van der Waals surface area contributed by atoms with Crippen LogP contribution in [0.15, 0.2) is 0 Å². The van der Waals surface area contributed by atoms with Crippen LogP contribution in [0.3, 0.4) is 0 Å². The van der Waals surface area contributed by atoms with Crippen molar-refractivity contribution in [2.75, 3.05) is 5.32 Å². The maximum Gasteiger partial charge on any atom is 0.452 e. The van der Waals surface area contributed by atoms with E-state index in [1.54, 1.807) is 6.92 Å². The summed E-state index contributed by atoms with van der Waals surface area (Å²) in [6.45, 7) is 1.61. The van der Waals surface area contributed by atoms with Crippen LogP contribution in [-0.4, -0.2) is 21.3 Å². The Balaban J connectivity index is 2.62. The zero-order valence-corrected chi connectivity index (χ0v) is 9.02. The first kappa shape index (κ1) is 12.7. The normalized spacial score (nSPS) is 13.5. The number of anilines is 1. The summed E-state index contributed by atoms with van der Waals surface area (Å²) in [5.74, 6) is -1.73. The largest absolute Gasteiger partial charge is 0.452 e. The second kappa shape index (κ2) is 4.64. The summed E-state index contributed by atoms with van der Waals surface area (Å²) in [7, 11) is 0. The maximum absolute atomic E-state index is 12.1. The lowest BCUT2D eigenvalue weighted by molar-refractivity contribution is -0.144. The molecule has 0 bridgehead atoms. The highest BCUT2D eigenvalue weighted by Gasteiger charge is 2.36. The highest BCUT2D eigenvalue weighted by Crippen LogP contribution is 2.29. The molecule has 1 unspecified atom stereocenters. The molecule has 0 radical (unpaired) electrons. The van der Waals surface area contributed by atoms with Gasteiger partial charge in [0.15, 0.2) is 0 Å². The Kier molecular flexibility index (Phi) is 3.68. The number of rotatable bonds is 4. The molecular formula is C7H9F3N4OS. The van der Waals surface area contributed by atoms with Gasteiger partial charge in [-0.3, -0.25) is 4.79 Å². The summed E-state index contributed by atoms with van der Waals surface area (Å²) < 4.78 is 39.5. The van der Waals surface area contributed by atoms with Gasteiger partial charge in [-0.1, -0.05) is 0 Å². The Morgan fingerprint density at radius 1 is 1.62 bits per heavy atom. The fraction of sp³-hybridized carbons (Fsp3) is 0.571. The molecule has 90 valence electrons. The third-order valence-electron chi connectivity index (χ3n) is 1.56. The summed E-state index contributed by atoms with van der Waals surface area (Å²) in [6.07, 6.45) is -4.54. The molecule has 0 saturated heterocycles. The van der Waals surface area contributed by atoms with E-state index in [0.717, 1.165) is 0 Å². The molecule has 5 nitrogen and oxygen atoms in total. The molecule has 0 aromatic carbocycles. The van der Waals surface area contributed by atoms with Gasteiger partial charge in [0.05, 0.1) is 0 Å². The number of aromatic nitrogens is 2. The van der Waals surface area contributed by atoms with Crippen molar-refractivity contribution in [1.29, 1.82) is 0 Å². The van der Waals surface area contributed by atoms with E-state index in [1.807, 2.05) is 0 Å². The lowest BCUT2D eigenvalue weighted by Crippen LogP contribution is -2.24. The van der Waals surface area contributed by atoms with Crippen molar-refractivity contribution in [2.24, 2.45) is 5.73 Å². The number of alkyl halides is 3. The highest BCUT2D eigenvalue weighted by molar-refractivity contribution is 7.09. The molecule has 0 aliphatic heterocycles. The average molecular weight is 254 g/mol. The number of hydrogen-bond acceptors (Lipinski definition) is 5. The van der Waals surface area contributed by atoms with E-state index in [9.17, 15) is 18.0 Å². The van der Waals surface area contributed by atoms with Crippen LogP contribution in [0, 0.1) is 0 Å². The number of carbonyl (C=O) groups is 1. The second-order valence-electron chi connectivity index (χ2n) is 3.14. The Morgan fingerprint density at radius 2 is 2.25 bits per heavy atom. The predicted molar refractivity (Wildman–Crippen MR) is 51.8 cm³/mol. The highest BCUT2D eigenvalue weighted by atomic mass is 32.1. The molecule has 9 heteroatoms. The molecule has 0 saturated carbocycles.